The smallest absolute Gasteiger partial charge is 0.271 e. The number of benzene rings is 1. The van der Waals surface area contributed by atoms with Crippen molar-refractivity contribution >= 4 is 26.8 Å². The van der Waals surface area contributed by atoms with Crippen LogP contribution in [0.4, 0.5) is 17.6 Å². The summed E-state index contributed by atoms with van der Waals surface area (Å²) in [6.07, 6.45) is -4.39. The van der Waals surface area contributed by atoms with Gasteiger partial charge in [0.2, 0.25) is 0 Å². The fourth-order valence-electron chi connectivity index (χ4n) is 1.91. The van der Waals surface area contributed by atoms with Gasteiger partial charge in [-0.3, -0.25) is 4.68 Å². The Labute approximate surface area is 109 Å². The Hall–Kier alpha value is -1.11. The molecular weight excluding hydrogens is 316 g/mol. The number of aromatic nitrogens is 2. The Kier molecular flexibility index (Phi) is 3.12. The van der Waals surface area contributed by atoms with Crippen molar-refractivity contribution in [3.8, 4) is 0 Å². The lowest BCUT2D eigenvalue weighted by atomic mass is 10.0. The normalized spacial score (nSPS) is 14.2. The van der Waals surface area contributed by atoms with Crippen LogP contribution >= 0.6 is 15.9 Å². The van der Waals surface area contributed by atoms with Crippen molar-refractivity contribution in [3.63, 3.8) is 0 Å². The molecule has 0 bridgehead atoms. The highest BCUT2D eigenvalue weighted by Gasteiger charge is 2.40. The predicted molar refractivity (Wildman–Crippen MR) is 62.8 cm³/mol. The molecule has 0 aliphatic rings. The van der Waals surface area contributed by atoms with Crippen LogP contribution in [0.3, 0.4) is 0 Å². The second kappa shape index (κ2) is 4.22. The highest BCUT2D eigenvalue weighted by Crippen LogP contribution is 2.38. The van der Waals surface area contributed by atoms with Crippen molar-refractivity contribution in [2.75, 3.05) is 0 Å². The minimum absolute atomic E-state index is 0.0438. The zero-order chi connectivity index (χ0) is 13.7. The number of hydrogen-bond acceptors (Lipinski definition) is 1. The van der Waals surface area contributed by atoms with Crippen molar-refractivity contribution < 1.29 is 17.6 Å². The number of fused-ring (bicyclic) bond motifs is 1. The van der Waals surface area contributed by atoms with Crippen LogP contribution in [0.2, 0.25) is 0 Å². The molecule has 2 aromatic rings. The fourth-order valence-corrected chi connectivity index (χ4v) is 2.34. The lowest BCUT2D eigenvalue weighted by Gasteiger charge is -2.16. The first-order valence-electron chi connectivity index (χ1n) is 5.10. The minimum atomic E-state index is -4.39. The van der Waals surface area contributed by atoms with Gasteiger partial charge in [-0.25, -0.2) is 4.39 Å². The summed E-state index contributed by atoms with van der Waals surface area (Å²) in [4.78, 5) is 0. The molecule has 1 heterocycles. The molecular formula is C11H9BrF4N2. The molecule has 1 aromatic heterocycles. The summed E-state index contributed by atoms with van der Waals surface area (Å²) in [5, 5.41) is 3.98. The van der Waals surface area contributed by atoms with Crippen LogP contribution in [0.1, 0.15) is 18.5 Å². The first-order chi connectivity index (χ1) is 8.21. The molecule has 1 atom stereocenters. The third kappa shape index (κ3) is 2.11. The minimum Gasteiger partial charge on any atom is -0.271 e. The van der Waals surface area contributed by atoms with Crippen LogP contribution in [0, 0.1) is 5.82 Å². The van der Waals surface area contributed by atoms with Crippen LogP contribution in [-0.2, 0) is 7.05 Å². The Morgan fingerprint density at radius 3 is 2.50 bits per heavy atom. The summed E-state index contributed by atoms with van der Waals surface area (Å²) in [6, 6.07) is 2.63. The van der Waals surface area contributed by atoms with E-state index in [9.17, 15) is 17.6 Å². The van der Waals surface area contributed by atoms with Crippen LogP contribution in [0.25, 0.3) is 10.9 Å². The van der Waals surface area contributed by atoms with E-state index in [1.807, 2.05) is 0 Å². The number of aryl methyl sites for hydroxylation is 1. The number of alkyl halides is 3. The van der Waals surface area contributed by atoms with Gasteiger partial charge in [0.25, 0.3) is 0 Å². The number of hydrogen-bond donors (Lipinski definition) is 0. The monoisotopic (exact) mass is 324 g/mol. The van der Waals surface area contributed by atoms with Gasteiger partial charge in [0, 0.05) is 16.9 Å². The molecule has 0 saturated heterocycles. The number of rotatable bonds is 1. The molecule has 0 aliphatic heterocycles. The van der Waals surface area contributed by atoms with Gasteiger partial charge in [-0.05, 0) is 19.1 Å². The highest BCUT2D eigenvalue weighted by molar-refractivity contribution is 9.10. The second-order valence-corrected chi connectivity index (χ2v) is 4.97. The van der Waals surface area contributed by atoms with E-state index in [1.54, 1.807) is 0 Å². The Balaban J connectivity index is 2.75. The Morgan fingerprint density at radius 2 is 1.94 bits per heavy atom. The van der Waals surface area contributed by atoms with Crippen molar-refractivity contribution in [1.29, 1.82) is 0 Å². The first kappa shape index (κ1) is 13.3. The van der Waals surface area contributed by atoms with Gasteiger partial charge in [-0.15, -0.1) is 0 Å². The zero-order valence-electron chi connectivity index (χ0n) is 9.52. The molecule has 0 amide bonds. The van der Waals surface area contributed by atoms with Gasteiger partial charge in [-0.2, -0.15) is 18.3 Å². The van der Waals surface area contributed by atoms with Crippen molar-refractivity contribution in [3.05, 3.63) is 28.1 Å². The lowest BCUT2D eigenvalue weighted by Crippen LogP contribution is -2.20. The Bertz CT molecular complexity index is 603. The summed E-state index contributed by atoms with van der Waals surface area (Å²) in [5.41, 5.74) is -0.0931. The maximum absolute atomic E-state index is 13.6. The van der Waals surface area contributed by atoms with Crippen LogP contribution in [0.5, 0.6) is 0 Å². The number of halogens is 5. The van der Waals surface area contributed by atoms with Gasteiger partial charge in [0.15, 0.2) is 5.82 Å². The maximum Gasteiger partial charge on any atom is 0.396 e. The molecule has 0 spiro atoms. The quantitative estimate of drug-likeness (QED) is 0.721. The summed E-state index contributed by atoms with van der Waals surface area (Å²) < 4.78 is 53.4. The SMILES string of the molecule is CC(c1c2cc(Br)cc(F)c2nn1C)C(F)(F)F. The van der Waals surface area contributed by atoms with E-state index < -0.39 is 17.9 Å². The molecule has 0 N–H and O–H groups in total. The molecule has 18 heavy (non-hydrogen) atoms. The second-order valence-electron chi connectivity index (χ2n) is 4.06. The average molecular weight is 325 g/mol. The van der Waals surface area contributed by atoms with Crippen molar-refractivity contribution in [2.45, 2.75) is 19.0 Å². The molecule has 0 radical (unpaired) electrons. The molecule has 1 aromatic carbocycles. The van der Waals surface area contributed by atoms with E-state index in [1.165, 1.54) is 19.2 Å². The molecule has 98 valence electrons. The molecule has 7 heteroatoms. The van der Waals surface area contributed by atoms with Crippen LogP contribution in [0.15, 0.2) is 16.6 Å². The van der Waals surface area contributed by atoms with E-state index >= 15 is 0 Å². The molecule has 2 rings (SSSR count). The van der Waals surface area contributed by atoms with E-state index in [0.717, 1.165) is 11.6 Å². The average Bonchev–Trinajstić information content (AvgIpc) is 2.52. The lowest BCUT2D eigenvalue weighted by molar-refractivity contribution is -0.147. The topological polar surface area (TPSA) is 17.8 Å². The van der Waals surface area contributed by atoms with Crippen molar-refractivity contribution in [1.82, 2.24) is 9.78 Å². The molecule has 0 aliphatic carbocycles. The van der Waals surface area contributed by atoms with Gasteiger partial charge in [0.05, 0.1) is 11.6 Å². The summed E-state index contributed by atoms with van der Waals surface area (Å²) in [7, 11) is 1.38. The van der Waals surface area contributed by atoms with E-state index in [2.05, 4.69) is 21.0 Å². The third-order valence-electron chi connectivity index (χ3n) is 2.80. The molecule has 0 fully saturated rings. The standard InChI is InChI=1S/C11H9BrF4N2/c1-5(11(14,15)16)10-7-3-6(12)4-8(13)9(7)17-18(10)2/h3-5H,1-2H3. The van der Waals surface area contributed by atoms with E-state index in [-0.39, 0.29) is 16.6 Å². The summed E-state index contributed by atoms with van der Waals surface area (Å²) in [6.45, 7) is 1.04. The largest absolute Gasteiger partial charge is 0.396 e. The van der Waals surface area contributed by atoms with Gasteiger partial charge >= 0.3 is 6.18 Å². The van der Waals surface area contributed by atoms with Crippen LogP contribution in [-0.4, -0.2) is 16.0 Å². The summed E-state index contributed by atoms with van der Waals surface area (Å²) >= 11 is 3.07. The maximum atomic E-state index is 13.6. The zero-order valence-corrected chi connectivity index (χ0v) is 11.1. The van der Waals surface area contributed by atoms with Crippen LogP contribution < -0.4 is 0 Å². The first-order valence-corrected chi connectivity index (χ1v) is 5.89. The predicted octanol–water partition coefficient (Wildman–Crippen LogP) is 4.14. The van der Waals surface area contributed by atoms with Gasteiger partial charge in [0.1, 0.15) is 5.52 Å². The molecule has 2 nitrogen and oxygen atoms in total. The van der Waals surface area contributed by atoms with E-state index in [0.29, 0.717) is 4.47 Å². The summed E-state index contributed by atoms with van der Waals surface area (Å²) in [5.74, 6) is -2.35. The van der Waals surface area contributed by atoms with Gasteiger partial charge in [-0.1, -0.05) is 15.9 Å². The van der Waals surface area contributed by atoms with E-state index in [4.69, 9.17) is 0 Å². The third-order valence-corrected chi connectivity index (χ3v) is 3.26. The van der Waals surface area contributed by atoms with Crippen molar-refractivity contribution in [2.24, 2.45) is 7.05 Å². The Morgan fingerprint density at radius 1 is 1.33 bits per heavy atom. The number of nitrogens with zero attached hydrogens (tertiary/aromatic N) is 2. The molecule has 0 saturated carbocycles. The fraction of sp³-hybridized carbons (Fsp3) is 0.364. The highest BCUT2D eigenvalue weighted by atomic mass is 79.9. The molecule has 1 unspecified atom stereocenters. The van der Waals surface area contributed by atoms with Gasteiger partial charge < -0.3 is 0 Å².